The highest BCUT2D eigenvalue weighted by molar-refractivity contribution is 7.91. The Bertz CT molecular complexity index is 701. The molecule has 0 N–H and O–H groups in total. The minimum atomic E-state index is -3.72. The quantitative estimate of drug-likeness (QED) is 0.807. The van der Waals surface area contributed by atoms with Gasteiger partial charge in [0.1, 0.15) is 0 Å². The van der Waals surface area contributed by atoms with Crippen molar-refractivity contribution in [3.63, 3.8) is 0 Å². The first-order valence-corrected chi connectivity index (χ1v) is 7.17. The van der Waals surface area contributed by atoms with Crippen LogP contribution in [0.15, 0.2) is 53.7 Å². The molecule has 0 aliphatic heterocycles. The highest BCUT2D eigenvalue weighted by atomic mass is 32.2. The van der Waals surface area contributed by atoms with Crippen LogP contribution in [0.5, 0.6) is 0 Å². The molecule has 1 heterocycles. The molecule has 2 aromatic rings. The third kappa shape index (κ3) is 2.64. The minimum Gasteiger partial charge on any atom is -0.291 e. The third-order valence-electron chi connectivity index (χ3n) is 2.73. The summed E-state index contributed by atoms with van der Waals surface area (Å²) in [5, 5.41) is -1.25. The number of aromatic nitrogens is 1. The molecule has 4 nitrogen and oxygen atoms in total. The number of nitrogens with zero attached hydrogens (tertiary/aromatic N) is 2. The standard InChI is InChI=1S/C14H12N2O2S/c1-11-5-7-13(8-6-11)19(17,18)14(15-2)12-4-3-9-16-10-12/h3-10,14H,1H3/t14-/m0/s1. The average molecular weight is 272 g/mol. The van der Waals surface area contributed by atoms with Gasteiger partial charge in [-0.05, 0) is 31.2 Å². The Hall–Kier alpha value is -2.19. The van der Waals surface area contributed by atoms with E-state index < -0.39 is 15.2 Å². The van der Waals surface area contributed by atoms with Crippen LogP contribution in [0.25, 0.3) is 4.85 Å². The zero-order valence-electron chi connectivity index (χ0n) is 10.3. The molecule has 5 heteroatoms. The van der Waals surface area contributed by atoms with Crippen molar-refractivity contribution in [2.24, 2.45) is 0 Å². The van der Waals surface area contributed by atoms with E-state index in [0.717, 1.165) is 5.56 Å². The van der Waals surface area contributed by atoms with E-state index in [1.807, 2.05) is 6.92 Å². The van der Waals surface area contributed by atoms with Crippen LogP contribution in [0.3, 0.4) is 0 Å². The summed E-state index contributed by atoms with van der Waals surface area (Å²) in [7, 11) is -3.72. The first kappa shape index (κ1) is 13.2. The predicted molar refractivity (Wildman–Crippen MR) is 71.9 cm³/mol. The summed E-state index contributed by atoms with van der Waals surface area (Å²) in [6.45, 7) is 9.04. The highest BCUT2D eigenvalue weighted by Gasteiger charge is 2.34. The van der Waals surface area contributed by atoms with E-state index in [-0.39, 0.29) is 4.90 Å². The summed E-state index contributed by atoms with van der Waals surface area (Å²) in [4.78, 5) is 7.27. The zero-order valence-corrected chi connectivity index (χ0v) is 11.1. The van der Waals surface area contributed by atoms with Crippen molar-refractivity contribution in [3.05, 3.63) is 71.3 Å². The molecular formula is C14H12N2O2S. The molecule has 2 rings (SSSR count). The summed E-state index contributed by atoms with van der Waals surface area (Å²) in [5.74, 6) is 0. The normalized spacial score (nSPS) is 12.6. The number of benzene rings is 1. The molecule has 0 aliphatic carbocycles. The smallest absolute Gasteiger partial charge is 0.291 e. The monoisotopic (exact) mass is 272 g/mol. The summed E-state index contributed by atoms with van der Waals surface area (Å²) < 4.78 is 24.9. The van der Waals surface area contributed by atoms with Crippen LogP contribution in [-0.2, 0) is 9.84 Å². The van der Waals surface area contributed by atoms with Gasteiger partial charge in [-0.25, -0.2) is 15.0 Å². The van der Waals surface area contributed by atoms with Gasteiger partial charge in [-0.2, -0.15) is 0 Å². The Labute approximate surface area is 112 Å². The average Bonchev–Trinajstić information content (AvgIpc) is 2.41. The number of aryl methyl sites for hydroxylation is 1. The van der Waals surface area contributed by atoms with Crippen LogP contribution < -0.4 is 0 Å². The molecule has 0 fully saturated rings. The minimum absolute atomic E-state index is 0.156. The molecule has 0 amide bonds. The van der Waals surface area contributed by atoms with Gasteiger partial charge >= 0.3 is 5.37 Å². The second kappa shape index (κ2) is 5.21. The lowest BCUT2D eigenvalue weighted by Crippen LogP contribution is -2.10. The first-order chi connectivity index (χ1) is 9.05. The number of rotatable bonds is 3. The van der Waals surface area contributed by atoms with E-state index in [2.05, 4.69) is 9.83 Å². The Balaban J connectivity index is 2.49. The van der Waals surface area contributed by atoms with Gasteiger partial charge in [-0.15, -0.1) is 0 Å². The number of hydrogen-bond donors (Lipinski definition) is 0. The van der Waals surface area contributed by atoms with Gasteiger partial charge in [0.25, 0.3) is 9.84 Å². The van der Waals surface area contributed by atoms with Crippen molar-refractivity contribution in [2.45, 2.75) is 17.2 Å². The molecule has 0 saturated heterocycles. The number of pyridine rings is 1. The van der Waals surface area contributed by atoms with E-state index in [0.29, 0.717) is 5.56 Å². The summed E-state index contributed by atoms with van der Waals surface area (Å²) in [6, 6.07) is 9.71. The fraction of sp³-hybridized carbons (Fsp3) is 0.143. The van der Waals surface area contributed by atoms with E-state index in [1.54, 1.807) is 30.5 Å². The van der Waals surface area contributed by atoms with Crippen molar-refractivity contribution >= 4 is 9.84 Å². The molecule has 0 unspecified atom stereocenters. The van der Waals surface area contributed by atoms with Gasteiger partial charge in [-0.3, -0.25) is 9.83 Å². The van der Waals surface area contributed by atoms with E-state index >= 15 is 0 Å². The molecular weight excluding hydrogens is 260 g/mol. The summed E-state index contributed by atoms with van der Waals surface area (Å²) in [5.41, 5.74) is 1.36. The summed E-state index contributed by atoms with van der Waals surface area (Å²) in [6.07, 6.45) is 2.96. The maximum Gasteiger partial charge on any atom is 0.351 e. The third-order valence-corrected chi connectivity index (χ3v) is 4.62. The molecule has 0 aliphatic rings. The summed E-state index contributed by atoms with van der Waals surface area (Å²) >= 11 is 0. The molecule has 0 radical (unpaired) electrons. The Morgan fingerprint density at radius 2 is 1.89 bits per heavy atom. The van der Waals surface area contributed by atoms with E-state index in [1.165, 1.54) is 18.3 Å². The molecule has 0 bridgehead atoms. The zero-order chi connectivity index (χ0) is 13.9. The SMILES string of the molecule is [C-]#[N+][C@H](c1cccnc1)S(=O)(=O)c1ccc(C)cc1. The fourth-order valence-corrected chi connectivity index (χ4v) is 3.11. The van der Waals surface area contributed by atoms with Gasteiger partial charge in [0.2, 0.25) is 0 Å². The van der Waals surface area contributed by atoms with Crippen molar-refractivity contribution in [1.29, 1.82) is 0 Å². The predicted octanol–water partition coefficient (Wildman–Crippen LogP) is 2.78. The molecule has 0 saturated carbocycles. The fourth-order valence-electron chi connectivity index (χ4n) is 1.70. The molecule has 0 spiro atoms. The molecule has 96 valence electrons. The topological polar surface area (TPSA) is 51.4 Å². The van der Waals surface area contributed by atoms with Crippen LogP contribution in [0.4, 0.5) is 0 Å². The van der Waals surface area contributed by atoms with Gasteiger partial charge in [0.05, 0.1) is 10.5 Å². The first-order valence-electron chi connectivity index (χ1n) is 5.63. The molecule has 1 aromatic heterocycles. The van der Waals surface area contributed by atoms with Crippen LogP contribution >= 0.6 is 0 Å². The van der Waals surface area contributed by atoms with Crippen LogP contribution in [0.1, 0.15) is 16.5 Å². The van der Waals surface area contributed by atoms with E-state index in [9.17, 15) is 8.42 Å². The van der Waals surface area contributed by atoms with Crippen LogP contribution in [-0.4, -0.2) is 13.4 Å². The van der Waals surface area contributed by atoms with Crippen molar-refractivity contribution < 1.29 is 8.42 Å². The number of hydrogen-bond acceptors (Lipinski definition) is 3. The van der Waals surface area contributed by atoms with Gasteiger partial charge in [-0.1, -0.05) is 17.7 Å². The Morgan fingerprint density at radius 3 is 2.42 bits per heavy atom. The van der Waals surface area contributed by atoms with Gasteiger partial charge in [0.15, 0.2) is 0 Å². The van der Waals surface area contributed by atoms with Crippen molar-refractivity contribution in [1.82, 2.24) is 4.98 Å². The molecule has 19 heavy (non-hydrogen) atoms. The van der Waals surface area contributed by atoms with Crippen molar-refractivity contribution in [2.75, 3.05) is 0 Å². The lowest BCUT2D eigenvalue weighted by Gasteiger charge is -2.07. The van der Waals surface area contributed by atoms with E-state index in [4.69, 9.17) is 6.57 Å². The largest absolute Gasteiger partial charge is 0.351 e. The lowest BCUT2D eigenvalue weighted by atomic mass is 10.2. The maximum atomic E-state index is 12.4. The Kier molecular flexibility index (Phi) is 3.63. The van der Waals surface area contributed by atoms with Crippen LogP contribution in [0, 0.1) is 13.5 Å². The lowest BCUT2D eigenvalue weighted by molar-refractivity contribution is 0.590. The van der Waals surface area contributed by atoms with Gasteiger partial charge < -0.3 is 0 Å². The second-order valence-electron chi connectivity index (χ2n) is 4.13. The van der Waals surface area contributed by atoms with Crippen LogP contribution in [0.2, 0.25) is 0 Å². The molecule has 1 aromatic carbocycles. The highest BCUT2D eigenvalue weighted by Crippen LogP contribution is 2.29. The second-order valence-corrected chi connectivity index (χ2v) is 6.13. The Morgan fingerprint density at radius 1 is 1.21 bits per heavy atom. The number of sulfone groups is 1. The molecule has 1 atom stereocenters. The van der Waals surface area contributed by atoms with Crippen molar-refractivity contribution in [3.8, 4) is 0 Å². The maximum absolute atomic E-state index is 12.4. The van der Waals surface area contributed by atoms with Gasteiger partial charge in [0, 0.05) is 12.4 Å².